The number of aromatic nitrogens is 2. The number of hydrogen-bond donors (Lipinski definition) is 3. The summed E-state index contributed by atoms with van der Waals surface area (Å²) in [6, 6.07) is 22.4. The zero-order chi connectivity index (χ0) is 44.5. The molecule has 0 atom stereocenters. The molecule has 15 heteroatoms. The molecule has 334 valence electrons. The van der Waals surface area contributed by atoms with Crippen LogP contribution in [0.25, 0.3) is 16.6 Å². The van der Waals surface area contributed by atoms with Gasteiger partial charge >= 0.3 is 0 Å². The van der Waals surface area contributed by atoms with Crippen molar-refractivity contribution in [2.45, 2.75) is 59.8 Å². The van der Waals surface area contributed by atoms with E-state index in [9.17, 15) is 14.9 Å². The van der Waals surface area contributed by atoms with E-state index in [2.05, 4.69) is 67.7 Å². The number of piperidine rings is 1. The number of carbonyl (C=O) groups is 1. The fourth-order valence-corrected chi connectivity index (χ4v) is 9.08. The highest BCUT2D eigenvalue weighted by atomic mass is 35.5. The molecule has 0 spiro atoms. The lowest BCUT2D eigenvalue weighted by atomic mass is 9.72. The first-order chi connectivity index (χ1) is 30.5. The normalized spacial score (nSPS) is 17.2. The predicted octanol–water partition coefficient (Wildman–Crippen LogP) is 10.9. The van der Waals surface area contributed by atoms with Gasteiger partial charge in [-0.2, -0.15) is 0 Å². The number of hydrogen-bond acceptors (Lipinski definition) is 11. The zero-order valence-electron chi connectivity index (χ0n) is 36.9. The van der Waals surface area contributed by atoms with E-state index in [1.165, 1.54) is 29.2 Å². The smallest absolute Gasteiger partial charge is 0.296 e. The number of amides is 1. The first kappa shape index (κ1) is 45.7. The molecule has 2 aromatic heterocycles. The maximum Gasteiger partial charge on any atom is 0.296 e. The molecule has 1 amide bonds. The number of nitro benzene ring substituents is 1. The van der Waals surface area contributed by atoms with E-state index in [0.29, 0.717) is 47.4 Å². The van der Waals surface area contributed by atoms with Crippen LogP contribution >= 0.6 is 23.8 Å². The van der Waals surface area contributed by atoms with Gasteiger partial charge in [0.2, 0.25) is 0 Å². The summed E-state index contributed by atoms with van der Waals surface area (Å²) in [4.78, 5) is 40.1. The molecule has 8 rings (SSSR count). The number of fused-ring (bicyclic) bond motifs is 1. The van der Waals surface area contributed by atoms with Gasteiger partial charge in [0.15, 0.2) is 12.2 Å². The molecule has 0 saturated carbocycles. The van der Waals surface area contributed by atoms with Crippen molar-refractivity contribution in [3.8, 4) is 17.2 Å². The van der Waals surface area contributed by atoms with Crippen molar-refractivity contribution in [2.75, 3.05) is 69.6 Å². The molecule has 5 aromatic rings. The molecule has 0 unspecified atom stereocenters. The summed E-state index contributed by atoms with van der Waals surface area (Å²) in [6.45, 7) is 15.8. The first-order valence-electron chi connectivity index (χ1n) is 22.0. The summed E-state index contributed by atoms with van der Waals surface area (Å²) in [5, 5.41) is 16.9. The SMILES string of the molecule is CC.CN1CCC(CNc2ccc(OSNC(=O)c3ccc(N4CCN(CC5=C(c6ccc(Cl)cc6)CC(C)(C)CC5)CC4)cc3Oc3cnc4[nH]ccc4c3)cc2[N+](=O)[O-])CC1. The minimum Gasteiger partial charge on any atom is -0.455 e. The van der Waals surface area contributed by atoms with Crippen LogP contribution in [0.1, 0.15) is 75.7 Å². The molecule has 13 nitrogen and oxygen atoms in total. The number of halogens is 1. The summed E-state index contributed by atoms with van der Waals surface area (Å²) in [7, 11) is 2.11. The van der Waals surface area contributed by atoms with Crippen molar-refractivity contribution in [1.82, 2.24) is 24.5 Å². The number of rotatable bonds is 14. The van der Waals surface area contributed by atoms with Crippen LogP contribution in [-0.2, 0) is 0 Å². The van der Waals surface area contributed by atoms with Crippen LogP contribution in [0.4, 0.5) is 17.1 Å². The first-order valence-corrected chi connectivity index (χ1v) is 23.1. The van der Waals surface area contributed by atoms with Crippen LogP contribution in [0.15, 0.2) is 90.8 Å². The summed E-state index contributed by atoms with van der Waals surface area (Å²) >= 11 is 6.94. The number of anilines is 2. The van der Waals surface area contributed by atoms with E-state index >= 15 is 0 Å². The molecule has 4 heterocycles. The number of aromatic amines is 1. The fourth-order valence-electron chi connectivity index (χ4n) is 8.53. The minimum atomic E-state index is -0.446. The van der Waals surface area contributed by atoms with Crippen molar-refractivity contribution >= 4 is 63.4 Å². The van der Waals surface area contributed by atoms with Crippen LogP contribution in [0.3, 0.4) is 0 Å². The Labute approximate surface area is 380 Å². The second-order valence-corrected chi connectivity index (χ2v) is 18.2. The van der Waals surface area contributed by atoms with Crippen molar-refractivity contribution in [3.63, 3.8) is 0 Å². The molecule has 3 aliphatic rings. The number of allylic oxidation sites excluding steroid dienone is 1. The third-order valence-corrected chi connectivity index (χ3v) is 13.0. The number of likely N-dealkylation sites (tertiary alicyclic amines) is 1. The van der Waals surface area contributed by atoms with Crippen LogP contribution < -0.4 is 23.9 Å². The lowest BCUT2D eigenvalue weighted by Gasteiger charge is -2.39. The average molecular weight is 896 g/mol. The Morgan fingerprint density at radius 3 is 2.49 bits per heavy atom. The Hall–Kier alpha value is -5.28. The number of nitrogens with one attached hydrogen (secondary N) is 3. The van der Waals surface area contributed by atoms with Crippen molar-refractivity contribution in [3.05, 3.63) is 117 Å². The van der Waals surface area contributed by atoms with E-state index in [-0.39, 0.29) is 16.9 Å². The van der Waals surface area contributed by atoms with Gasteiger partial charge < -0.3 is 29.0 Å². The van der Waals surface area contributed by atoms with E-state index in [1.807, 2.05) is 56.4 Å². The predicted molar refractivity (Wildman–Crippen MR) is 256 cm³/mol. The average Bonchev–Trinajstić information content (AvgIpc) is 3.76. The van der Waals surface area contributed by atoms with Gasteiger partial charge in [0.05, 0.1) is 22.7 Å². The maximum atomic E-state index is 13.7. The fraction of sp³-hybridized carbons (Fsp3) is 0.417. The maximum absolute atomic E-state index is 13.7. The largest absolute Gasteiger partial charge is 0.455 e. The second-order valence-electron chi connectivity index (χ2n) is 17.2. The van der Waals surface area contributed by atoms with E-state index in [0.717, 1.165) is 93.2 Å². The highest BCUT2D eigenvalue weighted by Crippen LogP contribution is 2.43. The van der Waals surface area contributed by atoms with Crippen molar-refractivity contribution < 1.29 is 18.6 Å². The molecular formula is C48H59ClN8O5S. The number of pyridine rings is 1. The summed E-state index contributed by atoms with van der Waals surface area (Å²) < 4.78 is 14.9. The van der Waals surface area contributed by atoms with E-state index in [4.69, 9.17) is 20.5 Å². The van der Waals surface area contributed by atoms with Gasteiger partial charge in [-0.3, -0.25) is 24.5 Å². The van der Waals surface area contributed by atoms with Crippen molar-refractivity contribution in [1.29, 1.82) is 0 Å². The van der Waals surface area contributed by atoms with Crippen molar-refractivity contribution in [2.24, 2.45) is 11.3 Å². The topological polar surface area (TPSA) is 141 Å². The summed E-state index contributed by atoms with van der Waals surface area (Å²) in [5.74, 6) is 1.11. The summed E-state index contributed by atoms with van der Waals surface area (Å²) in [5.41, 5.74) is 6.83. The highest BCUT2D eigenvalue weighted by molar-refractivity contribution is 7.93. The van der Waals surface area contributed by atoms with Gasteiger partial charge in [0, 0.05) is 67.6 Å². The van der Waals surface area contributed by atoms with Gasteiger partial charge in [-0.1, -0.05) is 57.0 Å². The molecule has 3 aromatic carbocycles. The highest BCUT2D eigenvalue weighted by Gasteiger charge is 2.30. The molecular weight excluding hydrogens is 836 g/mol. The molecule has 0 radical (unpaired) electrons. The van der Waals surface area contributed by atoms with Gasteiger partial charge in [0.25, 0.3) is 11.6 Å². The lowest BCUT2D eigenvalue weighted by Crippen LogP contribution is -2.47. The Balaban J connectivity index is 0.00000293. The molecule has 0 bridgehead atoms. The molecule has 1 aliphatic carbocycles. The zero-order valence-corrected chi connectivity index (χ0v) is 38.5. The lowest BCUT2D eigenvalue weighted by molar-refractivity contribution is -0.384. The number of nitro groups is 1. The third-order valence-electron chi connectivity index (χ3n) is 12.2. The number of carbonyl (C=O) groups excluding carboxylic acids is 1. The number of H-pyrrole nitrogens is 1. The van der Waals surface area contributed by atoms with Gasteiger partial charge in [-0.05, 0) is 123 Å². The van der Waals surface area contributed by atoms with Crippen LogP contribution in [-0.4, -0.2) is 90.0 Å². The van der Waals surface area contributed by atoms with Crippen LogP contribution in [0.5, 0.6) is 17.2 Å². The second kappa shape index (κ2) is 20.9. The quantitative estimate of drug-likeness (QED) is 0.0424. The molecule has 63 heavy (non-hydrogen) atoms. The Morgan fingerprint density at radius 1 is 0.984 bits per heavy atom. The molecule has 3 N–H and O–H groups in total. The van der Waals surface area contributed by atoms with Gasteiger partial charge in [0.1, 0.15) is 28.6 Å². The monoisotopic (exact) mass is 894 g/mol. The summed E-state index contributed by atoms with van der Waals surface area (Å²) in [6.07, 6.45) is 8.85. The third kappa shape index (κ3) is 11.8. The Bertz CT molecular complexity index is 2390. The number of nitrogens with zero attached hydrogens (tertiary/aromatic N) is 5. The number of ether oxygens (including phenoxy) is 1. The molecule has 2 saturated heterocycles. The minimum absolute atomic E-state index is 0.0877. The van der Waals surface area contributed by atoms with Gasteiger partial charge in [-0.15, -0.1) is 0 Å². The van der Waals surface area contributed by atoms with Gasteiger partial charge in [-0.25, -0.2) is 4.98 Å². The van der Waals surface area contributed by atoms with Crippen LogP contribution in [0.2, 0.25) is 5.02 Å². The molecule has 2 fully saturated rings. The van der Waals surface area contributed by atoms with Crippen LogP contribution in [0, 0.1) is 21.4 Å². The molecule has 2 aliphatic heterocycles. The number of piperazine rings is 1. The van der Waals surface area contributed by atoms with E-state index < -0.39 is 10.8 Å². The Morgan fingerprint density at radius 2 is 1.75 bits per heavy atom. The Kier molecular flexibility index (Phi) is 15.2. The number of benzene rings is 3. The standard InChI is InChI=1S/C46H53ClN8O5S.C2H6/c1-46(2)16-12-34(40(27-46)32-4-6-35(47)7-5-32)30-53-20-22-54(23-21-53)36-8-10-39(43(25-36)59-38-24-33-13-17-48-44(33)50-29-38)45(56)51-61-60-37-9-11-41(42(26-37)55(57)58)49-28-31-14-18-52(3)19-15-31;1-2/h4-11,13,17,24-26,29,31,49H,12,14-16,18-23,27-28,30H2,1-3H3,(H,48,50)(H,51,56);1-2H3. The van der Waals surface area contributed by atoms with E-state index in [1.54, 1.807) is 24.4 Å².